The molecule has 134 valence electrons. The second kappa shape index (κ2) is 7.93. The Morgan fingerprint density at radius 3 is 2.29 bits per heavy atom. The number of hydroxylamine groups is 1. The summed E-state index contributed by atoms with van der Waals surface area (Å²) in [5, 5.41) is -0.0760. The summed E-state index contributed by atoms with van der Waals surface area (Å²) in [6.07, 6.45) is -1.01. The molecule has 1 rings (SSSR count). The number of esters is 1. The summed E-state index contributed by atoms with van der Waals surface area (Å²) < 4.78 is 30.2. The zero-order chi connectivity index (χ0) is 18.7. The molecule has 0 aliphatic carbocycles. The maximum absolute atomic E-state index is 12.3. The molecule has 0 bridgehead atoms. The Kier molecular flexibility index (Phi) is 6.73. The van der Waals surface area contributed by atoms with Crippen molar-refractivity contribution in [3.63, 3.8) is 0 Å². The van der Waals surface area contributed by atoms with Crippen molar-refractivity contribution in [2.45, 2.75) is 17.9 Å². The van der Waals surface area contributed by atoms with E-state index in [-0.39, 0.29) is 15.5 Å². The number of rotatable bonds is 6. The van der Waals surface area contributed by atoms with Gasteiger partial charge in [-0.15, -0.1) is 0 Å². The van der Waals surface area contributed by atoms with E-state index in [9.17, 15) is 18.0 Å². The van der Waals surface area contributed by atoms with Gasteiger partial charge in [0.15, 0.2) is 6.10 Å². The number of carbonyl (C=O) groups excluding carboxylic acids is 2. The van der Waals surface area contributed by atoms with Crippen molar-refractivity contribution < 1.29 is 27.6 Å². The van der Waals surface area contributed by atoms with E-state index in [0.29, 0.717) is 4.47 Å². The fraction of sp³-hybridized carbons (Fsp3) is 0.429. The zero-order valence-corrected chi connectivity index (χ0v) is 15.5. The van der Waals surface area contributed by atoms with Gasteiger partial charge in [-0.05, 0) is 25.1 Å². The lowest BCUT2D eigenvalue weighted by atomic mass is 10.2. The minimum atomic E-state index is -4.04. The molecule has 1 aromatic carbocycles. The molecule has 0 aromatic heterocycles. The van der Waals surface area contributed by atoms with Crippen molar-refractivity contribution in [2.24, 2.45) is 0 Å². The van der Waals surface area contributed by atoms with Gasteiger partial charge < -0.3 is 9.64 Å². The van der Waals surface area contributed by atoms with E-state index in [4.69, 9.17) is 16.3 Å². The lowest BCUT2D eigenvalue weighted by molar-refractivity contribution is -0.137. The number of halogens is 1. The third kappa shape index (κ3) is 4.44. The highest BCUT2D eigenvalue weighted by Crippen LogP contribution is 2.25. The maximum atomic E-state index is 12.3. The van der Waals surface area contributed by atoms with E-state index in [1.807, 2.05) is 0 Å². The highest BCUT2D eigenvalue weighted by atomic mass is 35.5. The van der Waals surface area contributed by atoms with Gasteiger partial charge in [-0.25, -0.2) is 13.2 Å². The first-order valence-corrected chi connectivity index (χ1v) is 8.59. The molecule has 0 saturated carbocycles. The van der Waals surface area contributed by atoms with Crippen LogP contribution in [-0.2, 0) is 24.4 Å². The number of carbonyl (C=O) groups is 2. The molecular formula is C14H19ClN2O6S. The normalized spacial score (nSPS) is 12.8. The molecule has 0 heterocycles. The van der Waals surface area contributed by atoms with Crippen molar-refractivity contribution in [1.82, 2.24) is 9.37 Å². The topological polar surface area (TPSA) is 93.2 Å². The number of benzene rings is 1. The van der Waals surface area contributed by atoms with Crippen LogP contribution in [0.5, 0.6) is 0 Å². The Labute approximate surface area is 145 Å². The molecule has 1 aromatic rings. The third-order valence-corrected chi connectivity index (χ3v) is 5.27. The number of hydrogen-bond donors (Lipinski definition) is 0. The first-order chi connectivity index (χ1) is 11.0. The summed E-state index contributed by atoms with van der Waals surface area (Å²) in [6.45, 7) is 1.42. The van der Waals surface area contributed by atoms with E-state index in [2.05, 4.69) is 4.84 Å². The van der Waals surface area contributed by atoms with Crippen LogP contribution in [-0.4, -0.2) is 64.0 Å². The lowest BCUT2D eigenvalue weighted by Gasteiger charge is -2.18. The van der Waals surface area contributed by atoms with Gasteiger partial charge in [0.2, 0.25) is 0 Å². The predicted octanol–water partition coefficient (Wildman–Crippen LogP) is 1.16. The number of nitrogens with zero attached hydrogens (tertiary/aromatic N) is 2. The van der Waals surface area contributed by atoms with Crippen LogP contribution in [0, 0.1) is 0 Å². The fourth-order valence-electron chi connectivity index (χ4n) is 1.71. The summed E-state index contributed by atoms with van der Waals surface area (Å²) in [6, 6.07) is 3.64. The van der Waals surface area contributed by atoms with Crippen molar-refractivity contribution in [2.75, 3.05) is 28.3 Å². The third-order valence-electron chi connectivity index (χ3n) is 3.11. The van der Waals surface area contributed by atoms with Crippen molar-refractivity contribution >= 4 is 33.5 Å². The Hall–Kier alpha value is -1.68. The Balaban J connectivity index is 3.14. The summed E-state index contributed by atoms with van der Waals surface area (Å²) >= 11 is 5.91. The van der Waals surface area contributed by atoms with Gasteiger partial charge in [-0.3, -0.25) is 9.63 Å². The Morgan fingerprint density at radius 1 is 1.21 bits per heavy atom. The Bertz CT molecular complexity index is 735. The van der Waals surface area contributed by atoms with Crippen LogP contribution in [0.3, 0.4) is 0 Å². The van der Waals surface area contributed by atoms with Crippen molar-refractivity contribution in [3.8, 4) is 0 Å². The molecule has 0 radical (unpaired) electrons. The van der Waals surface area contributed by atoms with Gasteiger partial charge in [-0.2, -0.15) is 0 Å². The van der Waals surface area contributed by atoms with E-state index in [0.717, 1.165) is 6.07 Å². The van der Waals surface area contributed by atoms with E-state index < -0.39 is 28.0 Å². The van der Waals surface area contributed by atoms with Crippen LogP contribution < -0.4 is 0 Å². The predicted molar refractivity (Wildman–Crippen MR) is 87.0 cm³/mol. The van der Waals surface area contributed by atoms with Crippen molar-refractivity contribution in [1.29, 1.82) is 0 Å². The largest absolute Gasteiger partial charge is 0.449 e. The van der Waals surface area contributed by atoms with Gasteiger partial charge >= 0.3 is 5.97 Å². The molecule has 0 aliphatic heterocycles. The van der Waals surface area contributed by atoms with E-state index in [1.165, 1.54) is 52.2 Å². The zero-order valence-electron chi connectivity index (χ0n) is 13.9. The molecule has 24 heavy (non-hydrogen) atoms. The minimum absolute atomic E-state index is 0.0547. The number of sulfonamides is 1. The number of likely N-dealkylation sites (N-methyl/N-ethyl adjacent to an activating group) is 1. The van der Waals surface area contributed by atoms with E-state index >= 15 is 0 Å². The average Bonchev–Trinajstić information content (AvgIpc) is 2.52. The van der Waals surface area contributed by atoms with Gasteiger partial charge in [0.05, 0.1) is 17.7 Å². The number of ether oxygens (including phenoxy) is 1. The molecule has 10 heteroatoms. The maximum Gasteiger partial charge on any atom is 0.338 e. The summed E-state index contributed by atoms with van der Waals surface area (Å²) in [4.78, 5) is 29.5. The standard InChI is InChI=1S/C14H19ClN2O6S/c1-9(13(18)16(2)3)23-14(19)10-6-7-11(15)12(8-10)24(20,21)17(4)22-5/h6-9H,1-5H3/t9-/m1/s1. The lowest BCUT2D eigenvalue weighted by Crippen LogP contribution is -2.35. The second-order valence-corrected chi connectivity index (χ2v) is 7.33. The van der Waals surface area contributed by atoms with Crippen LogP contribution in [0.15, 0.2) is 23.1 Å². The minimum Gasteiger partial charge on any atom is -0.449 e. The first-order valence-electron chi connectivity index (χ1n) is 6.77. The molecule has 0 saturated heterocycles. The molecule has 8 nitrogen and oxygen atoms in total. The second-order valence-electron chi connectivity index (χ2n) is 5.02. The summed E-state index contributed by atoms with van der Waals surface area (Å²) in [7, 11) is 1.39. The van der Waals surface area contributed by atoms with E-state index in [1.54, 1.807) is 0 Å². The highest BCUT2D eigenvalue weighted by molar-refractivity contribution is 7.89. The first kappa shape index (κ1) is 20.4. The smallest absolute Gasteiger partial charge is 0.338 e. The molecule has 0 spiro atoms. The van der Waals surface area contributed by atoms with Gasteiger partial charge in [-0.1, -0.05) is 16.1 Å². The average molecular weight is 379 g/mol. The molecule has 0 N–H and O–H groups in total. The molecule has 0 fully saturated rings. The molecule has 1 atom stereocenters. The molecular weight excluding hydrogens is 360 g/mol. The monoisotopic (exact) mass is 378 g/mol. The number of amides is 1. The van der Waals surface area contributed by atoms with Crippen molar-refractivity contribution in [3.05, 3.63) is 28.8 Å². The molecule has 0 unspecified atom stereocenters. The SMILES string of the molecule is CON(C)S(=O)(=O)c1cc(C(=O)O[C@H](C)C(=O)N(C)C)ccc1Cl. The molecule has 1 amide bonds. The number of hydrogen-bond acceptors (Lipinski definition) is 6. The fourth-order valence-corrected chi connectivity index (χ4v) is 3.18. The van der Waals surface area contributed by atoms with Crippen LogP contribution in [0.1, 0.15) is 17.3 Å². The summed E-state index contributed by atoms with van der Waals surface area (Å²) in [5.74, 6) is -1.24. The Morgan fingerprint density at radius 2 is 1.79 bits per heavy atom. The van der Waals surface area contributed by atoms with Crippen LogP contribution >= 0.6 is 11.6 Å². The molecule has 0 aliphatic rings. The van der Waals surface area contributed by atoms with Crippen LogP contribution in [0.2, 0.25) is 5.02 Å². The van der Waals surface area contributed by atoms with Gasteiger partial charge in [0.1, 0.15) is 4.90 Å². The van der Waals surface area contributed by atoms with Gasteiger partial charge in [0, 0.05) is 21.1 Å². The summed E-state index contributed by atoms with van der Waals surface area (Å²) in [5.41, 5.74) is -0.0547. The van der Waals surface area contributed by atoms with Crippen LogP contribution in [0.4, 0.5) is 0 Å². The van der Waals surface area contributed by atoms with Crippen LogP contribution in [0.25, 0.3) is 0 Å². The quantitative estimate of drug-likeness (QED) is 0.544. The highest BCUT2D eigenvalue weighted by Gasteiger charge is 2.26. The van der Waals surface area contributed by atoms with Gasteiger partial charge in [0.25, 0.3) is 15.9 Å².